The fraction of sp³-hybridized carbons (Fsp3) is 0.500. The molecule has 0 N–H and O–H groups in total. The number of ketones is 1. The molecule has 100 valence electrons. The number of nitrogens with zero attached hydrogens (tertiary/aromatic N) is 1. The molecular formula is C14H19ClFNO. The Hall–Kier alpha value is -0.930. The zero-order valence-electron chi connectivity index (χ0n) is 11.4. The van der Waals surface area contributed by atoms with E-state index in [1.165, 1.54) is 12.1 Å². The number of Topliss-reactive ketones (excluding diaryl/α,β-unsaturated/α-hetero) is 1. The first-order valence-corrected chi connectivity index (χ1v) is 6.18. The highest BCUT2D eigenvalue weighted by Crippen LogP contribution is 2.30. The monoisotopic (exact) mass is 271 g/mol. The number of benzene rings is 1. The van der Waals surface area contributed by atoms with Gasteiger partial charge in [0.25, 0.3) is 0 Å². The van der Waals surface area contributed by atoms with Crippen LogP contribution in [0.2, 0.25) is 5.02 Å². The van der Waals surface area contributed by atoms with Gasteiger partial charge in [0.05, 0.1) is 11.1 Å². The molecule has 1 unspecified atom stereocenters. The quantitative estimate of drug-likeness (QED) is 0.836. The lowest BCUT2D eigenvalue weighted by molar-refractivity contribution is -0.131. The van der Waals surface area contributed by atoms with E-state index in [1.54, 1.807) is 6.07 Å². The summed E-state index contributed by atoms with van der Waals surface area (Å²) in [7, 11) is 3.65. The summed E-state index contributed by atoms with van der Waals surface area (Å²) in [5.74, 6) is -0.392. The predicted molar refractivity (Wildman–Crippen MR) is 72.3 cm³/mol. The molecule has 0 saturated heterocycles. The van der Waals surface area contributed by atoms with Crippen molar-refractivity contribution in [3.8, 4) is 0 Å². The van der Waals surface area contributed by atoms with E-state index in [2.05, 4.69) is 0 Å². The van der Waals surface area contributed by atoms with Gasteiger partial charge in [-0.1, -0.05) is 38.4 Å². The second-order valence-electron chi connectivity index (χ2n) is 5.65. The van der Waals surface area contributed by atoms with Gasteiger partial charge in [-0.3, -0.25) is 9.69 Å². The second kappa shape index (κ2) is 5.37. The zero-order chi connectivity index (χ0) is 14.1. The Morgan fingerprint density at radius 2 is 1.89 bits per heavy atom. The van der Waals surface area contributed by atoms with Crippen LogP contribution in [-0.2, 0) is 4.79 Å². The van der Waals surface area contributed by atoms with Crippen molar-refractivity contribution < 1.29 is 9.18 Å². The summed E-state index contributed by atoms with van der Waals surface area (Å²) in [5.41, 5.74) is 0.252. The number of likely N-dealkylation sites (N-methyl/N-ethyl adjacent to an activating group) is 1. The molecule has 0 aliphatic heterocycles. The van der Waals surface area contributed by atoms with Gasteiger partial charge in [-0.2, -0.15) is 0 Å². The molecule has 0 heterocycles. The molecule has 0 radical (unpaired) electrons. The Morgan fingerprint density at radius 3 is 2.28 bits per heavy atom. The van der Waals surface area contributed by atoms with Gasteiger partial charge in [0.15, 0.2) is 5.78 Å². The van der Waals surface area contributed by atoms with Gasteiger partial charge in [-0.05, 0) is 31.8 Å². The molecule has 0 aliphatic rings. The minimum atomic E-state index is -0.471. The van der Waals surface area contributed by atoms with Gasteiger partial charge >= 0.3 is 0 Å². The minimum Gasteiger partial charge on any atom is -0.297 e. The summed E-state index contributed by atoms with van der Waals surface area (Å²) >= 11 is 5.78. The SMILES string of the molecule is CN(C)C(C(=O)C(C)(C)C)c1ccc(F)c(Cl)c1. The molecule has 0 saturated carbocycles. The summed E-state index contributed by atoms with van der Waals surface area (Å²) in [6, 6.07) is 4.01. The van der Waals surface area contributed by atoms with E-state index < -0.39 is 17.3 Å². The van der Waals surface area contributed by atoms with Crippen LogP contribution in [0.1, 0.15) is 32.4 Å². The molecule has 18 heavy (non-hydrogen) atoms. The number of hydrogen-bond donors (Lipinski definition) is 0. The van der Waals surface area contributed by atoms with E-state index in [1.807, 2.05) is 39.8 Å². The molecule has 1 aromatic rings. The van der Waals surface area contributed by atoms with Crippen molar-refractivity contribution in [3.05, 3.63) is 34.6 Å². The molecule has 1 rings (SSSR count). The molecule has 2 nitrogen and oxygen atoms in total. The fourth-order valence-electron chi connectivity index (χ4n) is 1.78. The van der Waals surface area contributed by atoms with Crippen molar-refractivity contribution in [3.63, 3.8) is 0 Å². The summed E-state index contributed by atoms with van der Waals surface area (Å²) in [6.07, 6.45) is 0. The van der Waals surface area contributed by atoms with Crippen LogP contribution in [0.25, 0.3) is 0 Å². The maximum Gasteiger partial charge on any atom is 0.159 e. The standard InChI is InChI=1S/C14H19ClFNO/c1-14(2,3)13(18)12(17(4)5)9-6-7-11(16)10(15)8-9/h6-8,12H,1-5H3. The van der Waals surface area contributed by atoms with Gasteiger partial charge in [0.1, 0.15) is 5.82 Å². The average Bonchev–Trinajstić information content (AvgIpc) is 2.21. The molecule has 0 fully saturated rings. The number of rotatable bonds is 3. The van der Waals surface area contributed by atoms with Crippen LogP contribution < -0.4 is 0 Å². The summed E-state index contributed by atoms with van der Waals surface area (Å²) in [4.78, 5) is 14.2. The van der Waals surface area contributed by atoms with Gasteiger partial charge in [0, 0.05) is 5.41 Å². The normalized spacial score (nSPS) is 13.8. The minimum absolute atomic E-state index is 0.0426. The Kier molecular flexibility index (Phi) is 4.51. The van der Waals surface area contributed by atoms with E-state index in [4.69, 9.17) is 11.6 Å². The van der Waals surface area contributed by atoms with Crippen molar-refractivity contribution in [1.29, 1.82) is 0 Å². The third-order valence-electron chi connectivity index (χ3n) is 2.76. The van der Waals surface area contributed by atoms with Crippen molar-refractivity contribution >= 4 is 17.4 Å². The molecule has 0 aromatic heterocycles. The van der Waals surface area contributed by atoms with Gasteiger partial charge in [-0.25, -0.2) is 4.39 Å². The molecule has 1 aromatic carbocycles. The van der Waals surface area contributed by atoms with E-state index in [-0.39, 0.29) is 10.8 Å². The van der Waals surface area contributed by atoms with Gasteiger partial charge < -0.3 is 0 Å². The Labute approximate surface area is 113 Å². The molecule has 0 aliphatic carbocycles. The molecule has 0 spiro atoms. The van der Waals surface area contributed by atoms with E-state index in [9.17, 15) is 9.18 Å². The van der Waals surface area contributed by atoms with Crippen LogP contribution in [-0.4, -0.2) is 24.8 Å². The van der Waals surface area contributed by atoms with Crippen LogP contribution >= 0.6 is 11.6 Å². The molecular weight excluding hydrogens is 253 g/mol. The number of halogens is 2. The lowest BCUT2D eigenvalue weighted by atomic mass is 9.83. The van der Waals surface area contributed by atoms with Crippen molar-refractivity contribution in [2.75, 3.05) is 14.1 Å². The highest BCUT2D eigenvalue weighted by Gasteiger charge is 2.32. The summed E-state index contributed by atoms with van der Waals surface area (Å²) < 4.78 is 13.2. The van der Waals surface area contributed by atoms with Crippen LogP contribution in [0.3, 0.4) is 0 Å². The average molecular weight is 272 g/mol. The lowest BCUT2D eigenvalue weighted by Gasteiger charge is -2.29. The van der Waals surface area contributed by atoms with Crippen molar-refractivity contribution in [2.45, 2.75) is 26.8 Å². The van der Waals surface area contributed by atoms with Crippen LogP contribution in [0, 0.1) is 11.2 Å². The van der Waals surface area contributed by atoms with E-state index in [0.717, 1.165) is 0 Å². The highest BCUT2D eigenvalue weighted by atomic mass is 35.5. The third-order valence-corrected chi connectivity index (χ3v) is 3.05. The third kappa shape index (κ3) is 3.30. The van der Waals surface area contributed by atoms with Crippen LogP contribution in [0.15, 0.2) is 18.2 Å². The zero-order valence-corrected chi connectivity index (χ0v) is 12.2. The topological polar surface area (TPSA) is 20.3 Å². The van der Waals surface area contributed by atoms with Gasteiger partial charge in [0.2, 0.25) is 0 Å². The molecule has 0 bridgehead atoms. The fourth-order valence-corrected chi connectivity index (χ4v) is 1.97. The molecule has 1 atom stereocenters. The maximum absolute atomic E-state index is 13.2. The predicted octanol–water partition coefficient (Wildman–Crippen LogP) is 3.70. The lowest BCUT2D eigenvalue weighted by Crippen LogP contribution is -2.35. The smallest absolute Gasteiger partial charge is 0.159 e. The molecule has 4 heteroatoms. The largest absolute Gasteiger partial charge is 0.297 e. The van der Waals surface area contributed by atoms with Crippen molar-refractivity contribution in [1.82, 2.24) is 4.90 Å². The highest BCUT2D eigenvalue weighted by molar-refractivity contribution is 6.30. The van der Waals surface area contributed by atoms with Crippen LogP contribution in [0.4, 0.5) is 4.39 Å². The Bertz CT molecular complexity index is 452. The van der Waals surface area contributed by atoms with Crippen LogP contribution in [0.5, 0.6) is 0 Å². The van der Waals surface area contributed by atoms with E-state index in [0.29, 0.717) is 5.56 Å². The summed E-state index contributed by atoms with van der Waals surface area (Å²) in [5, 5.41) is 0.0426. The van der Waals surface area contributed by atoms with Crippen molar-refractivity contribution in [2.24, 2.45) is 5.41 Å². The Morgan fingerprint density at radius 1 is 1.33 bits per heavy atom. The molecule has 0 amide bonds. The first-order chi connectivity index (χ1) is 8.14. The number of carbonyl (C=O) groups is 1. The van der Waals surface area contributed by atoms with Gasteiger partial charge in [-0.15, -0.1) is 0 Å². The summed E-state index contributed by atoms with van der Waals surface area (Å²) in [6.45, 7) is 5.62. The Balaban J connectivity index is 3.21. The van der Waals surface area contributed by atoms with E-state index >= 15 is 0 Å². The number of carbonyl (C=O) groups excluding carboxylic acids is 1. The maximum atomic E-state index is 13.2. The number of hydrogen-bond acceptors (Lipinski definition) is 2. The first-order valence-electron chi connectivity index (χ1n) is 5.80. The second-order valence-corrected chi connectivity index (χ2v) is 6.06. The first kappa shape index (κ1) is 15.1.